The van der Waals surface area contributed by atoms with Gasteiger partial charge in [0, 0.05) is 47.6 Å². The van der Waals surface area contributed by atoms with Gasteiger partial charge >= 0.3 is 0 Å². The van der Waals surface area contributed by atoms with Crippen LogP contribution in [0.15, 0.2) is 48.5 Å². The fourth-order valence-electron chi connectivity index (χ4n) is 8.16. The first-order valence-corrected chi connectivity index (χ1v) is 16.6. The molecule has 4 N–H and O–H groups in total. The maximum Gasteiger partial charge on any atom is 0.257 e. The Hall–Kier alpha value is -4.12. The maximum absolute atomic E-state index is 14.1. The van der Waals surface area contributed by atoms with Gasteiger partial charge in [-0.1, -0.05) is 55.7 Å². The summed E-state index contributed by atoms with van der Waals surface area (Å²) in [5.41, 5.74) is 1.79. The highest BCUT2D eigenvalue weighted by Gasteiger charge is 2.64. The Morgan fingerprint density at radius 3 is 2.35 bits per heavy atom. The van der Waals surface area contributed by atoms with Gasteiger partial charge in [-0.3, -0.25) is 14.4 Å². The van der Waals surface area contributed by atoms with E-state index in [9.17, 15) is 19.5 Å². The van der Waals surface area contributed by atoms with E-state index < -0.39 is 23.5 Å². The summed E-state index contributed by atoms with van der Waals surface area (Å²) in [6.45, 7) is 3.26. The van der Waals surface area contributed by atoms with Gasteiger partial charge in [0.05, 0.1) is 27.6 Å². The number of nitrogens with one attached hydrogen (secondary N) is 3. The number of aromatic nitrogens is 2. The summed E-state index contributed by atoms with van der Waals surface area (Å²) in [7, 11) is 0. The zero-order valence-electron chi connectivity index (χ0n) is 25.6. The van der Waals surface area contributed by atoms with E-state index in [2.05, 4.69) is 20.5 Å². The highest BCUT2D eigenvalue weighted by molar-refractivity contribution is 6.31. The third-order valence-corrected chi connectivity index (χ3v) is 10.5. The molecule has 3 amide bonds. The van der Waals surface area contributed by atoms with Crippen LogP contribution in [0, 0.1) is 0 Å². The summed E-state index contributed by atoms with van der Waals surface area (Å²) >= 11 is 5.51. The van der Waals surface area contributed by atoms with Crippen LogP contribution in [0.1, 0.15) is 67.6 Å². The summed E-state index contributed by atoms with van der Waals surface area (Å²) in [5, 5.41) is 25.1. The van der Waals surface area contributed by atoms with Crippen molar-refractivity contribution in [3.8, 4) is 0 Å². The normalized spacial score (nSPS) is 23.0. The van der Waals surface area contributed by atoms with Crippen molar-refractivity contribution in [3.05, 3.63) is 59.7 Å². The molecule has 3 aromatic carbocycles. The number of para-hydroxylation sites is 2. The van der Waals surface area contributed by atoms with Gasteiger partial charge in [-0.05, 0) is 37.5 Å². The lowest BCUT2D eigenvalue weighted by molar-refractivity contribution is -0.187. The number of aliphatic hydroxyl groups is 1. The van der Waals surface area contributed by atoms with E-state index in [4.69, 9.17) is 16.3 Å². The van der Waals surface area contributed by atoms with Crippen LogP contribution < -0.4 is 16.0 Å². The summed E-state index contributed by atoms with van der Waals surface area (Å²) < 4.78 is 11.0. The van der Waals surface area contributed by atoms with Crippen LogP contribution >= 0.6 is 11.6 Å². The molecule has 0 radical (unpaired) electrons. The Labute approximate surface area is 270 Å². The minimum absolute atomic E-state index is 0.0261. The average Bonchev–Trinajstić information content (AvgIpc) is 3.76. The molecular formula is C35H36ClN5O5. The summed E-state index contributed by atoms with van der Waals surface area (Å²) in [4.78, 5) is 38.8. The predicted octanol–water partition coefficient (Wildman–Crippen LogP) is 4.90. The van der Waals surface area contributed by atoms with Gasteiger partial charge in [0.15, 0.2) is 11.3 Å². The molecule has 238 valence electrons. The number of unbranched alkanes of at least 4 members (excludes halogenated alkanes) is 4. The van der Waals surface area contributed by atoms with E-state index in [1.165, 1.54) is 0 Å². The second-order valence-electron chi connectivity index (χ2n) is 12.9. The minimum atomic E-state index is -1.88. The number of nitrogens with zero attached hydrogens (tertiary/aromatic N) is 2. The van der Waals surface area contributed by atoms with Crippen molar-refractivity contribution in [2.75, 3.05) is 19.0 Å². The molecule has 8 rings (SSSR count). The molecule has 3 aliphatic heterocycles. The molecule has 0 unspecified atom stereocenters. The summed E-state index contributed by atoms with van der Waals surface area (Å²) in [5.74, 6) is -0.732. The van der Waals surface area contributed by atoms with Crippen LogP contribution in [0.4, 0.5) is 0 Å². The molecule has 46 heavy (non-hydrogen) atoms. The highest BCUT2D eigenvalue weighted by atomic mass is 35.5. The number of hydrogen-bond donors (Lipinski definition) is 4. The molecule has 10 nitrogen and oxygen atoms in total. The van der Waals surface area contributed by atoms with E-state index in [0.29, 0.717) is 25.2 Å². The number of fused-ring (bicyclic) bond motifs is 13. The molecule has 11 heteroatoms. The third kappa shape index (κ3) is 3.93. The number of alkyl halides is 1. The second-order valence-corrected chi connectivity index (χ2v) is 13.1. The number of amides is 3. The first-order valence-electron chi connectivity index (χ1n) is 16.1. The molecule has 1 saturated heterocycles. The van der Waals surface area contributed by atoms with Gasteiger partial charge in [-0.2, -0.15) is 0 Å². The molecule has 3 atom stereocenters. The number of ether oxygens (including phenoxy) is 1. The number of carbonyl (C=O) groups excluding carboxylic acids is 3. The van der Waals surface area contributed by atoms with Gasteiger partial charge in [-0.25, -0.2) is 0 Å². The van der Waals surface area contributed by atoms with Crippen molar-refractivity contribution >= 4 is 72.9 Å². The lowest BCUT2D eigenvalue weighted by Crippen LogP contribution is -2.59. The van der Waals surface area contributed by atoms with Crippen molar-refractivity contribution in [3.63, 3.8) is 0 Å². The van der Waals surface area contributed by atoms with Gasteiger partial charge in [0.2, 0.25) is 5.91 Å². The van der Waals surface area contributed by atoms with E-state index in [1.807, 2.05) is 60.0 Å². The SMILES string of the molecule is C[C@]12O[C@H](C[C@]1(O)C(=O)NCCCCCCCNC(=O)CCl)n1c3ccccc3c3c4c(c5c6ccccc6n2c5c31)CNC4=O. The smallest absolute Gasteiger partial charge is 0.257 e. The third-order valence-electron chi connectivity index (χ3n) is 10.3. The molecule has 2 aromatic heterocycles. The first-order chi connectivity index (χ1) is 22.3. The molecule has 5 aromatic rings. The lowest BCUT2D eigenvalue weighted by atomic mass is 9.87. The van der Waals surface area contributed by atoms with Gasteiger partial charge in [0.1, 0.15) is 12.1 Å². The van der Waals surface area contributed by atoms with E-state index in [0.717, 1.165) is 81.3 Å². The van der Waals surface area contributed by atoms with Crippen molar-refractivity contribution in [2.24, 2.45) is 0 Å². The standard InChI is InChI=1S/C35H36ClN5O5/c1-34-35(45,33(44)38-16-10-4-2-3-9-15-37-25(42)18-36)17-26(46-34)40-23-13-7-5-11-20(23)28-29-22(19-39-32(29)43)27-21-12-6-8-14-24(21)41(34)31(27)30(28)40/h5-8,11-14,26,45H,2-4,9-10,15-19H2,1H3,(H,37,42)(H,38,44)(H,39,43)/t26-,34+,35+/m1/s1. The molecule has 1 fully saturated rings. The quantitative estimate of drug-likeness (QED) is 0.127. The Kier molecular flexibility index (Phi) is 6.83. The maximum atomic E-state index is 14.1. The number of carbonyl (C=O) groups is 3. The van der Waals surface area contributed by atoms with Gasteiger partial charge < -0.3 is 34.9 Å². The first kappa shape index (κ1) is 29.3. The zero-order chi connectivity index (χ0) is 31.8. The monoisotopic (exact) mass is 641 g/mol. The van der Waals surface area contributed by atoms with E-state index >= 15 is 0 Å². The second kappa shape index (κ2) is 10.7. The largest absolute Gasteiger partial charge is 0.376 e. The Bertz CT molecular complexity index is 2100. The summed E-state index contributed by atoms with van der Waals surface area (Å²) in [6, 6.07) is 15.9. The van der Waals surface area contributed by atoms with Gasteiger partial charge in [0.25, 0.3) is 11.8 Å². The predicted molar refractivity (Wildman–Crippen MR) is 177 cm³/mol. The number of halogens is 1. The molecule has 3 aliphatic rings. The Morgan fingerprint density at radius 2 is 1.61 bits per heavy atom. The van der Waals surface area contributed by atoms with Crippen molar-refractivity contribution < 1.29 is 24.2 Å². The van der Waals surface area contributed by atoms with Crippen molar-refractivity contribution in [1.29, 1.82) is 0 Å². The van der Waals surface area contributed by atoms with Crippen molar-refractivity contribution in [2.45, 2.75) is 69.5 Å². The van der Waals surface area contributed by atoms with Crippen LogP contribution in [-0.2, 0) is 26.6 Å². The Morgan fingerprint density at radius 1 is 0.957 bits per heavy atom. The average molecular weight is 642 g/mol. The van der Waals surface area contributed by atoms with Crippen LogP contribution in [0.25, 0.3) is 43.6 Å². The summed E-state index contributed by atoms with van der Waals surface area (Å²) in [6.07, 6.45) is 3.91. The molecule has 0 aliphatic carbocycles. The number of rotatable bonds is 10. The molecule has 2 bridgehead atoms. The molecular weight excluding hydrogens is 606 g/mol. The van der Waals surface area contributed by atoms with E-state index in [1.54, 1.807) is 0 Å². The topological polar surface area (TPSA) is 127 Å². The van der Waals surface area contributed by atoms with Crippen LogP contribution in [-0.4, -0.2) is 56.5 Å². The molecule has 0 saturated carbocycles. The fraction of sp³-hybridized carbons (Fsp3) is 0.400. The fourth-order valence-corrected chi connectivity index (χ4v) is 8.25. The van der Waals surface area contributed by atoms with E-state index in [-0.39, 0.29) is 24.1 Å². The molecule has 0 spiro atoms. The van der Waals surface area contributed by atoms with Gasteiger partial charge in [-0.15, -0.1) is 11.6 Å². The molecule has 5 heterocycles. The van der Waals surface area contributed by atoms with Crippen molar-refractivity contribution in [1.82, 2.24) is 25.1 Å². The number of benzene rings is 3. The highest BCUT2D eigenvalue weighted by Crippen LogP contribution is 2.57. The van der Waals surface area contributed by atoms with Crippen LogP contribution in [0.3, 0.4) is 0 Å². The zero-order valence-corrected chi connectivity index (χ0v) is 26.4. The number of hydrogen-bond acceptors (Lipinski definition) is 5. The lowest BCUT2D eigenvalue weighted by Gasteiger charge is -2.38. The Balaban J connectivity index is 1.18. The van der Waals surface area contributed by atoms with Crippen LogP contribution in [0.2, 0.25) is 0 Å². The minimum Gasteiger partial charge on any atom is -0.376 e. The van der Waals surface area contributed by atoms with Crippen LogP contribution in [0.5, 0.6) is 0 Å².